The number of benzene rings is 2. The summed E-state index contributed by atoms with van der Waals surface area (Å²) in [5.74, 6) is 0.929. The topological polar surface area (TPSA) is 8.17 Å². The summed E-state index contributed by atoms with van der Waals surface area (Å²) in [5.41, 5.74) is 9.15. The van der Waals surface area contributed by atoms with Gasteiger partial charge in [0.2, 0.25) is 0 Å². The molecule has 2 aliphatic heterocycles. The summed E-state index contributed by atoms with van der Waals surface area (Å²) in [7, 11) is 0. The van der Waals surface area contributed by atoms with E-state index in [4.69, 9.17) is 0 Å². The first kappa shape index (κ1) is 16.9. The molecule has 3 aromatic rings. The Morgan fingerprint density at radius 3 is 2.57 bits per heavy atom. The maximum atomic E-state index is 2.76. The molecule has 1 saturated carbocycles. The first-order chi connectivity index (χ1) is 13.9. The van der Waals surface area contributed by atoms with Gasteiger partial charge in [0, 0.05) is 42.8 Å². The molecular weight excluding hydrogens is 340 g/mol. The Morgan fingerprint density at radius 2 is 1.64 bits per heavy atom. The second-order valence-electron chi connectivity index (χ2n) is 9.19. The highest BCUT2D eigenvalue weighted by atomic mass is 15.1. The predicted molar refractivity (Wildman–Crippen MR) is 116 cm³/mol. The lowest BCUT2D eigenvalue weighted by Crippen LogP contribution is -2.35. The lowest BCUT2D eigenvalue weighted by atomic mass is 9.88. The summed E-state index contributed by atoms with van der Waals surface area (Å²) in [6.45, 7) is 3.67. The molecule has 28 heavy (non-hydrogen) atoms. The molecule has 0 spiro atoms. The summed E-state index contributed by atoms with van der Waals surface area (Å²) in [4.78, 5) is 2.76. The van der Waals surface area contributed by atoms with Crippen LogP contribution in [0.3, 0.4) is 0 Å². The second kappa shape index (κ2) is 6.77. The minimum atomic E-state index is 0.929. The third kappa shape index (κ3) is 2.65. The molecule has 0 atom stereocenters. The molecule has 0 bridgehead atoms. The smallest absolute Gasteiger partial charge is 0.0567 e. The first-order valence-corrected chi connectivity index (χ1v) is 11.3. The third-order valence-electron chi connectivity index (χ3n) is 7.47. The molecule has 1 aromatic heterocycles. The number of para-hydroxylation sites is 2. The van der Waals surface area contributed by atoms with Gasteiger partial charge in [-0.25, -0.2) is 0 Å². The van der Waals surface area contributed by atoms with Crippen LogP contribution < -0.4 is 0 Å². The van der Waals surface area contributed by atoms with Gasteiger partial charge in [-0.2, -0.15) is 0 Å². The maximum absolute atomic E-state index is 2.76. The second-order valence-corrected chi connectivity index (χ2v) is 9.19. The van der Waals surface area contributed by atoms with Crippen LogP contribution in [0.25, 0.3) is 16.6 Å². The lowest BCUT2D eigenvalue weighted by molar-refractivity contribution is 0.186. The van der Waals surface area contributed by atoms with Crippen LogP contribution in [-0.4, -0.2) is 22.6 Å². The molecule has 3 heterocycles. The summed E-state index contributed by atoms with van der Waals surface area (Å²) in [5, 5.41) is 1.51. The van der Waals surface area contributed by atoms with Crippen LogP contribution in [0.5, 0.6) is 0 Å². The Labute approximate surface area is 168 Å². The highest BCUT2D eigenvalue weighted by Crippen LogP contribution is 2.39. The molecule has 0 radical (unpaired) electrons. The molecule has 6 rings (SSSR count). The molecule has 1 aliphatic carbocycles. The van der Waals surface area contributed by atoms with E-state index < -0.39 is 0 Å². The van der Waals surface area contributed by atoms with Crippen LogP contribution >= 0.6 is 0 Å². The van der Waals surface area contributed by atoms with Crippen LogP contribution in [0.4, 0.5) is 0 Å². The van der Waals surface area contributed by atoms with Crippen LogP contribution in [0.1, 0.15) is 54.5 Å². The Morgan fingerprint density at radius 1 is 0.821 bits per heavy atom. The Bertz CT molecular complexity index is 1020. The third-order valence-corrected chi connectivity index (χ3v) is 7.47. The fourth-order valence-corrected chi connectivity index (χ4v) is 6.10. The molecule has 2 heteroatoms. The monoisotopic (exact) mass is 370 g/mol. The van der Waals surface area contributed by atoms with Crippen molar-refractivity contribution in [2.75, 3.05) is 13.1 Å². The van der Waals surface area contributed by atoms with Crippen LogP contribution in [0.15, 0.2) is 42.5 Å². The average molecular weight is 371 g/mol. The van der Waals surface area contributed by atoms with Crippen molar-refractivity contribution < 1.29 is 0 Å². The van der Waals surface area contributed by atoms with Crippen molar-refractivity contribution in [3.05, 3.63) is 64.8 Å². The molecule has 0 unspecified atom stereocenters. The zero-order valence-corrected chi connectivity index (χ0v) is 16.8. The van der Waals surface area contributed by atoms with E-state index in [0.717, 1.165) is 25.3 Å². The molecule has 0 saturated heterocycles. The van der Waals surface area contributed by atoms with E-state index in [1.807, 2.05) is 0 Å². The molecule has 0 N–H and O–H groups in total. The van der Waals surface area contributed by atoms with Crippen LogP contribution in [0, 0.1) is 5.92 Å². The van der Waals surface area contributed by atoms with Crippen molar-refractivity contribution in [1.29, 1.82) is 0 Å². The van der Waals surface area contributed by atoms with E-state index in [-0.39, 0.29) is 0 Å². The van der Waals surface area contributed by atoms with Crippen molar-refractivity contribution in [1.82, 2.24) is 9.47 Å². The number of fused-ring (bicyclic) bond motifs is 5. The van der Waals surface area contributed by atoms with Gasteiger partial charge < -0.3 is 4.57 Å². The van der Waals surface area contributed by atoms with E-state index in [9.17, 15) is 0 Å². The fraction of sp³-hybridized carbons (Fsp3) is 0.462. The van der Waals surface area contributed by atoms with Gasteiger partial charge in [0.25, 0.3) is 0 Å². The number of rotatable bonds is 2. The summed E-state index contributed by atoms with van der Waals surface area (Å²) in [6.07, 6.45) is 10.7. The average Bonchev–Trinajstić information content (AvgIpc) is 2.97. The van der Waals surface area contributed by atoms with Gasteiger partial charge in [-0.3, -0.25) is 4.90 Å². The Hall–Kier alpha value is -2.06. The van der Waals surface area contributed by atoms with E-state index >= 15 is 0 Å². The molecule has 3 aliphatic rings. The van der Waals surface area contributed by atoms with Crippen LogP contribution in [-0.2, 0) is 25.8 Å². The summed E-state index contributed by atoms with van der Waals surface area (Å²) >= 11 is 0. The predicted octanol–water partition coefficient (Wildman–Crippen LogP) is 5.67. The van der Waals surface area contributed by atoms with Gasteiger partial charge >= 0.3 is 0 Å². The highest BCUT2D eigenvalue weighted by Gasteiger charge is 2.29. The van der Waals surface area contributed by atoms with Crippen molar-refractivity contribution in [2.45, 2.75) is 57.9 Å². The van der Waals surface area contributed by atoms with Crippen molar-refractivity contribution >= 4 is 10.9 Å². The SMILES string of the molecule is c1ccc2c(c1)CCc1cccc3c4c(n-2c13)CCN(CC1CCCCC1)C4. The molecule has 0 amide bonds. The molecule has 144 valence electrons. The number of aryl methyl sites for hydroxylation is 2. The zero-order chi connectivity index (χ0) is 18.5. The number of hydrogen-bond acceptors (Lipinski definition) is 1. The van der Waals surface area contributed by atoms with Crippen LogP contribution in [0.2, 0.25) is 0 Å². The standard InChI is InChI=1S/C26H30N2/c1-2-7-19(8-3-1)17-27-16-15-25-23(18-27)22-11-6-10-21-14-13-20-9-4-5-12-24(20)28(25)26(21)22/h4-6,9-12,19H,1-3,7-8,13-18H2. The van der Waals surface area contributed by atoms with Crippen molar-refractivity contribution in [3.8, 4) is 5.69 Å². The zero-order valence-electron chi connectivity index (χ0n) is 16.8. The largest absolute Gasteiger partial charge is 0.313 e. The fourth-order valence-electron chi connectivity index (χ4n) is 6.10. The van der Waals surface area contributed by atoms with E-state index in [1.54, 1.807) is 11.3 Å². The summed E-state index contributed by atoms with van der Waals surface area (Å²) in [6, 6.07) is 16.1. The van der Waals surface area contributed by atoms with Gasteiger partial charge in [0.1, 0.15) is 0 Å². The Balaban J connectivity index is 1.44. The van der Waals surface area contributed by atoms with Gasteiger partial charge in [-0.1, -0.05) is 55.7 Å². The quantitative estimate of drug-likeness (QED) is 0.564. The molecular formula is C26H30N2. The normalized spacial score (nSPS) is 20.0. The minimum absolute atomic E-state index is 0.929. The highest BCUT2D eigenvalue weighted by molar-refractivity contribution is 5.91. The maximum Gasteiger partial charge on any atom is 0.0567 e. The van der Waals surface area contributed by atoms with Crippen molar-refractivity contribution in [2.24, 2.45) is 5.92 Å². The van der Waals surface area contributed by atoms with E-state index in [2.05, 4.69) is 51.9 Å². The Kier molecular flexibility index (Phi) is 4.08. The number of aromatic nitrogens is 1. The van der Waals surface area contributed by atoms with E-state index in [1.165, 1.54) is 79.3 Å². The first-order valence-electron chi connectivity index (χ1n) is 11.3. The van der Waals surface area contributed by atoms with Gasteiger partial charge in [-0.05, 0) is 54.4 Å². The minimum Gasteiger partial charge on any atom is -0.313 e. The number of nitrogens with zero attached hydrogens (tertiary/aromatic N) is 2. The molecule has 2 nitrogen and oxygen atoms in total. The number of hydrogen-bond donors (Lipinski definition) is 0. The van der Waals surface area contributed by atoms with Gasteiger partial charge in [-0.15, -0.1) is 0 Å². The summed E-state index contributed by atoms with van der Waals surface area (Å²) < 4.78 is 2.64. The van der Waals surface area contributed by atoms with Crippen molar-refractivity contribution in [3.63, 3.8) is 0 Å². The van der Waals surface area contributed by atoms with E-state index in [0.29, 0.717) is 0 Å². The van der Waals surface area contributed by atoms with Gasteiger partial charge in [0.05, 0.1) is 5.52 Å². The van der Waals surface area contributed by atoms with Gasteiger partial charge in [0.15, 0.2) is 0 Å². The molecule has 1 fully saturated rings. The lowest BCUT2D eigenvalue weighted by Gasteiger charge is -2.33. The molecule has 2 aromatic carbocycles.